The second-order valence-corrected chi connectivity index (χ2v) is 7.07. The number of fused-ring (bicyclic) bond motifs is 1. The summed E-state index contributed by atoms with van der Waals surface area (Å²) in [5.74, 6) is 0.462. The van der Waals surface area contributed by atoms with Crippen molar-refractivity contribution in [3.63, 3.8) is 0 Å². The minimum atomic E-state index is -4.34. The number of halogens is 3. The quantitative estimate of drug-likeness (QED) is 0.670. The first-order valence-corrected chi connectivity index (χ1v) is 9.04. The van der Waals surface area contributed by atoms with Gasteiger partial charge in [-0.1, -0.05) is 18.2 Å². The number of rotatable bonds is 3. The molecule has 0 N–H and O–H groups in total. The summed E-state index contributed by atoms with van der Waals surface area (Å²) >= 11 is 0. The second kappa shape index (κ2) is 7.31. The first-order valence-electron chi connectivity index (χ1n) is 9.04. The molecule has 4 nitrogen and oxygen atoms in total. The number of hydrogen-bond acceptors (Lipinski definition) is 4. The summed E-state index contributed by atoms with van der Waals surface area (Å²) in [6.45, 7) is 4.45. The van der Waals surface area contributed by atoms with Crippen LogP contribution in [0.5, 0.6) is 0 Å². The van der Waals surface area contributed by atoms with Gasteiger partial charge in [0, 0.05) is 55.8 Å². The van der Waals surface area contributed by atoms with Crippen molar-refractivity contribution < 1.29 is 13.2 Å². The minimum Gasteiger partial charge on any atom is -0.294 e. The Labute approximate surface area is 161 Å². The molecular weight excluding hydrogens is 365 g/mol. The second-order valence-electron chi connectivity index (χ2n) is 7.07. The first kappa shape index (κ1) is 18.6. The lowest BCUT2D eigenvalue weighted by molar-refractivity contribution is -0.137. The molecule has 1 aromatic carbocycles. The van der Waals surface area contributed by atoms with Crippen LogP contribution in [-0.2, 0) is 25.7 Å². The van der Waals surface area contributed by atoms with Crippen LogP contribution in [0.25, 0.3) is 11.4 Å². The van der Waals surface area contributed by atoms with E-state index in [-0.39, 0.29) is 0 Å². The van der Waals surface area contributed by atoms with Crippen LogP contribution in [0.15, 0.2) is 48.9 Å². The van der Waals surface area contributed by atoms with Gasteiger partial charge >= 0.3 is 6.18 Å². The fourth-order valence-electron chi connectivity index (χ4n) is 3.42. The Balaban J connectivity index is 1.49. The molecule has 0 saturated heterocycles. The lowest BCUT2D eigenvalue weighted by Gasteiger charge is -2.28. The predicted molar refractivity (Wildman–Crippen MR) is 99.3 cm³/mol. The zero-order valence-electron chi connectivity index (χ0n) is 15.4. The standard InChI is InChI=1S/C21H19F3N4/c1-14-8-15(10-25-9-14)12-28-7-6-19-17(13-28)11-26-20(27-19)16-2-4-18(5-3-16)21(22,23)24/h2-5,8-11H,6-7,12-13H2,1H3. The van der Waals surface area contributed by atoms with E-state index in [0.717, 1.165) is 55.0 Å². The molecule has 1 aliphatic heterocycles. The van der Waals surface area contributed by atoms with E-state index in [1.165, 1.54) is 17.7 Å². The number of pyridine rings is 1. The molecule has 0 atom stereocenters. The molecule has 3 aromatic rings. The number of aromatic nitrogens is 3. The van der Waals surface area contributed by atoms with Gasteiger partial charge in [-0.2, -0.15) is 13.2 Å². The molecular formula is C21H19F3N4. The van der Waals surface area contributed by atoms with Crippen molar-refractivity contribution in [2.24, 2.45) is 0 Å². The molecule has 4 rings (SSSR count). The molecule has 1 aliphatic rings. The van der Waals surface area contributed by atoms with Gasteiger partial charge in [0.15, 0.2) is 5.82 Å². The zero-order valence-corrected chi connectivity index (χ0v) is 15.4. The number of aryl methyl sites for hydroxylation is 1. The average molecular weight is 384 g/mol. The number of nitrogens with zero attached hydrogens (tertiary/aromatic N) is 4. The van der Waals surface area contributed by atoms with E-state index in [1.54, 1.807) is 6.20 Å². The van der Waals surface area contributed by atoms with Crippen LogP contribution >= 0.6 is 0 Å². The molecule has 7 heteroatoms. The summed E-state index contributed by atoms with van der Waals surface area (Å²) in [4.78, 5) is 15.5. The lowest BCUT2D eigenvalue weighted by atomic mass is 10.1. The van der Waals surface area contributed by atoms with Gasteiger partial charge < -0.3 is 0 Å². The van der Waals surface area contributed by atoms with Crippen LogP contribution in [0.4, 0.5) is 13.2 Å². The molecule has 3 heterocycles. The van der Waals surface area contributed by atoms with Crippen molar-refractivity contribution in [3.8, 4) is 11.4 Å². The van der Waals surface area contributed by atoms with Crippen molar-refractivity contribution in [1.29, 1.82) is 0 Å². The van der Waals surface area contributed by atoms with Crippen molar-refractivity contribution >= 4 is 0 Å². The van der Waals surface area contributed by atoms with Gasteiger partial charge in [-0.3, -0.25) is 9.88 Å². The van der Waals surface area contributed by atoms with Gasteiger partial charge in [0.2, 0.25) is 0 Å². The average Bonchev–Trinajstić information content (AvgIpc) is 2.67. The minimum absolute atomic E-state index is 0.462. The Morgan fingerprint density at radius 2 is 1.86 bits per heavy atom. The SMILES string of the molecule is Cc1cncc(CN2CCc3nc(-c4ccc(C(F)(F)F)cc4)ncc3C2)c1. The van der Waals surface area contributed by atoms with E-state index in [2.05, 4.69) is 25.9 Å². The third-order valence-electron chi connectivity index (χ3n) is 4.82. The maximum absolute atomic E-state index is 12.7. The van der Waals surface area contributed by atoms with E-state index in [9.17, 15) is 13.2 Å². The lowest BCUT2D eigenvalue weighted by Crippen LogP contribution is -2.31. The smallest absolute Gasteiger partial charge is 0.294 e. The van der Waals surface area contributed by atoms with Crippen LogP contribution < -0.4 is 0 Å². The van der Waals surface area contributed by atoms with Gasteiger partial charge in [-0.15, -0.1) is 0 Å². The van der Waals surface area contributed by atoms with E-state index in [1.807, 2.05) is 19.3 Å². The molecule has 0 amide bonds. The molecule has 0 bridgehead atoms. The fraction of sp³-hybridized carbons (Fsp3) is 0.286. The van der Waals surface area contributed by atoms with E-state index < -0.39 is 11.7 Å². The van der Waals surface area contributed by atoms with Gasteiger partial charge in [0.25, 0.3) is 0 Å². The van der Waals surface area contributed by atoms with Crippen molar-refractivity contribution in [3.05, 3.63) is 76.9 Å². The normalized spacial score (nSPS) is 14.7. The summed E-state index contributed by atoms with van der Waals surface area (Å²) in [6.07, 6.45) is 1.95. The fourth-order valence-corrected chi connectivity index (χ4v) is 3.42. The molecule has 0 radical (unpaired) electrons. The van der Waals surface area contributed by atoms with Crippen LogP contribution in [0.3, 0.4) is 0 Å². The van der Waals surface area contributed by atoms with Crippen molar-refractivity contribution in [2.75, 3.05) is 6.54 Å². The Morgan fingerprint density at radius 3 is 2.57 bits per heavy atom. The van der Waals surface area contributed by atoms with Gasteiger partial charge in [0.05, 0.1) is 11.3 Å². The Bertz CT molecular complexity index is 984. The van der Waals surface area contributed by atoms with Crippen LogP contribution in [0, 0.1) is 6.92 Å². The number of benzene rings is 1. The highest BCUT2D eigenvalue weighted by Crippen LogP contribution is 2.30. The summed E-state index contributed by atoms with van der Waals surface area (Å²) < 4.78 is 38.2. The largest absolute Gasteiger partial charge is 0.416 e. The van der Waals surface area contributed by atoms with E-state index >= 15 is 0 Å². The van der Waals surface area contributed by atoms with Crippen LogP contribution in [0.2, 0.25) is 0 Å². The summed E-state index contributed by atoms with van der Waals surface area (Å²) in [6, 6.07) is 7.10. The van der Waals surface area contributed by atoms with Gasteiger partial charge in [-0.25, -0.2) is 9.97 Å². The van der Waals surface area contributed by atoms with Crippen LogP contribution in [0.1, 0.15) is 27.9 Å². The summed E-state index contributed by atoms with van der Waals surface area (Å²) in [5, 5.41) is 0. The Hall–Kier alpha value is -2.80. The summed E-state index contributed by atoms with van der Waals surface area (Å²) in [7, 11) is 0. The highest BCUT2D eigenvalue weighted by Gasteiger charge is 2.30. The third kappa shape index (κ3) is 4.04. The first-order chi connectivity index (χ1) is 13.4. The molecule has 0 unspecified atom stereocenters. The zero-order chi connectivity index (χ0) is 19.7. The maximum atomic E-state index is 12.7. The predicted octanol–water partition coefficient (Wildman–Crippen LogP) is 4.42. The monoisotopic (exact) mass is 384 g/mol. The van der Waals surface area contributed by atoms with Crippen LogP contribution in [-0.4, -0.2) is 26.4 Å². The molecule has 144 valence electrons. The van der Waals surface area contributed by atoms with Gasteiger partial charge in [-0.05, 0) is 30.2 Å². The van der Waals surface area contributed by atoms with E-state index in [4.69, 9.17) is 0 Å². The molecule has 0 saturated carbocycles. The molecule has 2 aromatic heterocycles. The highest BCUT2D eigenvalue weighted by molar-refractivity contribution is 5.56. The molecule has 28 heavy (non-hydrogen) atoms. The molecule has 0 aliphatic carbocycles. The van der Waals surface area contributed by atoms with Gasteiger partial charge in [0.1, 0.15) is 0 Å². The third-order valence-corrected chi connectivity index (χ3v) is 4.82. The Morgan fingerprint density at radius 1 is 1.07 bits per heavy atom. The topological polar surface area (TPSA) is 41.9 Å². The van der Waals surface area contributed by atoms with Crippen molar-refractivity contribution in [2.45, 2.75) is 32.6 Å². The Kier molecular flexibility index (Phi) is 4.85. The van der Waals surface area contributed by atoms with Crippen molar-refractivity contribution in [1.82, 2.24) is 19.9 Å². The summed E-state index contributed by atoms with van der Waals surface area (Å²) in [5.41, 5.74) is 4.25. The highest BCUT2D eigenvalue weighted by atomic mass is 19.4. The van der Waals surface area contributed by atoms with E-state index in [0.29, 0.717) is 11.4 Å². The molecule has 0 fully saturated rings. The molecule has 0 spiro atoms. The number of alkyl halides is 3. The maximum Gasteiger partial charge on any atom is 0.416 e. The number of hydrogen-bond donors (Lipinski definition) is 0.